The largest absolute Gasteiger partial charge is 0.396 e. The van der Waals surface area contributed by atoms with Crippen molar-refractivity contribution in [1.82, 2.24) is 10.3 Å². The fourth-order valence-corrected chi connectivity index (χ4v) is 2.73. The highest BCUT2D eigenvalue weighted by molar-refractivity contribution is 9.11. The van der Waals surface area contributed by atoms with Gasteiger partial charge in [-0.05, 0) is 42.2 Å². The van der Waals surface area contributed by atoms with Gasteiger partial charge in [0.1, 0.15) is 5.01 Å². The minimum atomic E-state index is 0.316. The first-order chi connectivity index (χ1) is 7.74. The van der Waals surface area contributed by atoms with Gasteiger partial charge in [0.05, 0.1) is 16.0 Å². The van der Waals surface area contributed by atoms with Crippen LogP contribution >= 0.6 is 27.3 Å². The van der Waals surface area contributed by atoms with Crippen molar-refractivity contribution in [3.05, 3.63) is 15.0 Å². The Kier molecular flexibility index (Phi) is 7.20. The van der Waals surface area contributed by atoms with E-state index in [1.165, 1.54) is 6.42 Å². The number of hydrogen-bond donors (Lipinski definition) is 2. The van der Waals surface area contributed by atoms with E-state index in [0.29, 0.717) is 12.6 Å². The van der Waals surface area contributed by atoms with Crippen LogP contribution in [0.2, 0.25) is 0 Å². The van der Waals surface area contributed by atoms with Gasteiger partial charge in [0, 0.05) is 6.61 Å². The second-order valence-corrected chi connectivity index (χ2v) is 6.26. The molecule has 1 unspecified atom stereocenters. The Morgan fingerprint density at radius 2 is 2.19 bits per heavy atom. The Bertz CT molecular complexity index is 293. The van der Waals surface area contributed by atoms with Crippen LogP contribution in [0.5, 0.6) is 0 Å². The van der Waals surface area contributed by atoms with Crippen molar-refractivity contribution in [3.8, 4) is 0 Å². The minimum absolute atomic E-state index is 0.316. The molecule has 1 heterocycles. The molecule has 0 amide bonds. The summed E-state index contributed by atoms with van der Waals surface area (Å²) in [6.45, 7) is 3.47. The molecule has 1 rings (SSSR count). The van der Waals surface area contributed by atoms with Gasteiger partial charge in [0.2, 0.25) is 0 Å². The van der Waals surface area contributed by atoms with Crippen molar-refractivity contribution >= 4 is 27.3 Å². The summed E-state index contributed by atoms with van der Waals surface area (Å²) in [7, 11) is 0. The first-order valence-electron chi connectivity index (χ1n) is 5.69. The molecule has 1 atom stereocenters. The molecule has 0 bridgehead atoms. The fourth-order valence-electron chi connectivity index (χ4n) is 1.46. The first kappa shape index (κ1) is 14.1. The number of aliphatic hydroxyl groups excluding tert-OH is 1. The van der Waals surface area contributed by atoms with Crippen molar-refractivity contribution in [2.24, 2.45) is 0 Å². The van der Waals surface area contributed by atoms with Crippen molar-refractivity contribution < 1.29 is 5.11 Å². The zero-order valence-electron chi connectivity index (χ0n) is 9.58. The van der Waals surface area contributed by atoms with Crippen molar-refractivity contribution in [1.29, 1.82) is 0 Å². The van der Waals surface area contributed by atoms with Crippen molar-refractivity contribution in [2.45, 2.75) is 38.6 Å². The van der Waals surface area contributed by atoms with Crippen LogP contribution in [0.3, 0.4) is 0 Å². The molecule has 5 heteroatoms. The Hall–Kier alpha value is 0.0300. The lowest BCUT2D eigenvalue weighted by atomic mass is 10.2. The maximum absolute atomic E-state index is 8.64. The lowest BCUT2D eigenvalue weighted by Crippen LogP contribution is -2.19. The molecule has 2 N–H and O–H groups in total. The van der Waals surface area contributed by atoms with Gasteiger partial charge >= 0.3 is 0 Å². The van der Waals surface area contributed by atoms with E-state index in [-0.39, 0.29) is 0 Å². The number of thiazole rings is 1. The SMILES string of the molecule is CC(NCCCCCCO)c1ncc(Br)s1. The van der Waals surface area contributed by atoms with E-state index >= 15 is 0 Å². The zero-order chi connectivity index (χ0) is 11.8. The lowest BCUT2D eigenvalue weighted by molar-refractivity contribution is 0.282. The summed E-state index contributed by atoms with van der Waals surface area (Å²) >= 11 is 5.09. The molecule has 0 aliphatic heterocycles. The third kappa shape index (κ3) is 5.39. The van der Waals surface area contributed by atoms with Crippen LogP contribution in [0.4, 0.5) is 0 Å². The summed E-state index contributed by atoms with van der Waals surface area (Å²) in [4.78, 5) is 4.32. The summed E-state index contributed by atoms with van der Waals surface area (Å²) in [5, 5.41) is 13.2. The molecule has 0 aliphatic carbocycles. The molecular weight excluding hydrogens is 288 g/mol. The van der Waals surface area contributed by atoms with Crippen molar-refractivity contribution in [2.75, 3.05) is 13.2 Å². The highest BCUT2D eigenvalue weighted by Crippen LogP contribution is 2.23. The smallest absolute Gasteiger partial charge is 0.110 e. The van der Waals surface area contributed by atoms with Crippen LogP contribution in [-0.2, 0) is 0 Å². The normalized spacial score (nSPS) is 12.9. The maximum Gasteiger partial charge on any atom is 0.110 e. The summed E-state index contributed by atoms with van der Waals surface area (Å²) < 4.78 is 1.08. The van der Waals surface area contributed by atoms with Gasteiger partial charge in [-0.3, -0.25) is 0 Å². The number of hydrogen-bond acceptors (Lipinski definition) is 4. The van der Waals surface area contributed by atoms with Crippen molar-refractivity contribution in [3.63, 3.8) is 0 Å². The number of rotatable bonds is 8. The molecule has 1 aromatic rings. The quantitative estimate of drug-likeness (QED) is 0.725. The average Bonchev–Trinajstić information content (AvgIpc) is 2.70. The molecule has 16 heavy (non-hydrogen) atoms. The van der Waals surface area contributed by atoms with Crippen LogP contribution in [0.15, 0.2) is 9.98 Å². The second-order valence-electron chi connectivity index (χ2n) is 3.82. The van der Waals surface area contributed by atoms with E-state index in [1.54, 1.807) is 11.3 Å². The predicted molar refractivity (Wildman–Crippen MR) is 71.8 cm³/mol. The standard InChI is InChI=1S/C11H19BrN2OS/c1-9(11-14-8-10(12)16-11)13-6-4-2-3-5-7-15/h8-9,13,15H,2-7H2,1H3. The molecule has 0 saturated carbocycles. The van der Waals surface area contributed by atoms with E-state index in [1.807, 2.05) is 6.20 Å². The average molecular weight is 307 g/mol. The number of aliphatic hydroxyl groups is 1. The Labute approximate surface area is 109 Å². The lowest BCUT2D eigenvalue weighted by Gasteiger charge is -2.10. The van der Waals surface area contributed by atoms with Gasteiger partial charge in [0.25, 0.3) is 0 Å². The first-order valence-corrected chi connectivity index (χ1v) is 7.30. The molecule has 0 saturated heterocycles. The van der Waals surface area contributed by atoms with E-state index < -0.39 is 0 Å². The van der Waals surface area contributed by atoms with Gasteiger partial charge in [-0.15, -0.1) is 11.3 Å². The Morgan fingerprint density at radius 1 is 1.44 bits per heavy atom. The summed E-state index contributed by atoms with van der Waals surface area (Å²) in [5.41, 5.74) is 0. The second kappa shape index (κ2) is 8.17. The maximum atomic E-state index is 8.64. The van der Waals surface area contributed by atoms with Crippen LogP contribution in [-0.4, -0.2) is 23.2 Å². The molecular formula is C11H19BrN2OS. The van der Waals surface area contributed by atoms with Crippen LogP contribution in [0, 0.1) is 0 Å². The third-order valence-corrected chi connectivity index (χ3v) is 4.06. The summed E-state index contributed by atoms with van der Waals surface area (Å²) in [6, 6.07) is 0.328. The summed E-state index contributed by atoms with van der Waals surface area (Å²) in [5.74, 6) is 0. The Balaban J connectivity index is 2.09. The molecule has 92 valence electrons. The molecule has 1 aromatic heterocycles. The fraction of sp³-hybridized carbons (Fsp3) is 0.727. The van der Waals surface area contributed by atoms with E-state index in [2.05, 4.69) is 33.2 Å². The molecule has 0 fully saturated rings. The van der Waals surface area contributed by atoms with Gasteiger partial charge in [-0.25, -0.2) is 4.98 Å². The number of aromatic nitrogens is 1. The molecule has 0 aromatic carbocycles. The topological polar surface area (TPSA) is 45.1 Å². The van der Waals surface area contributed by atoms with Gasteiger partial charge in [-0.2, -0.15) is 0 Å². The summed E-state index contributed by atoms with van der Waals surface area (Å²) in [6.07, 6.45) is 6.24. The van der Waals surface area contributed by atoms with E-state index in [0.717, 1.165) is 34.6 Å². The van der Waals surface area contributed by atoms with E-state index in [4.69, 9.17) is 5.11 Å². The zero-order valence-corrected chi connectivity index (χ0v) is 12.0. The number of unbranched alkanes of at least 4 members (excludes halogenated alkanes) is 3. The van der Waals surface area contributed by atoms with Gasteiger partial charge in [0.15, 0.2) is 0 Å². The van der Waals surface area contributed by atoms with E-state index in [9.17, 15) is 0 Å². The molecule has 0 aliphatic rings. The highest BCUT2D eigenvalue weighted by atomic mass is 79.9. The predicted octanol–water partition coefficient (Wildman–Crippen LogP) is 3.11. The Morgan fingerprint density at radius 3 is 2.81 bits per heavy atom. The minimum Gasteiger partial charge on any atom is -0.396 e. The van der Waals surface area contributed by atoms with Gasteiger partial charge in [-0.1, -0.05) is 12.8 Å². The number of halogens is 1. The van der Waals surface area contributed by atoms with Crippen LogP contribution < -0.4 is 5.32 Å². The molecule has 3 nitrogen and oxygen atoms in total. The van der Waals surface area contributed by atoms with Crippen LogP contribution in [0.1, 0.15) is 43.7 Å². The monoisotopic (exact) mass is 306 g/mol. The third-order valence-electron chi connectivity index (χ3n) is 2.40. The molecule has 0 radical (unpaired) electrons. The number of nitrogens with one attached hydrogen (secondary N) is 1. The van der Waals surface area contributed by atoms with Gasteiger partial charge < -0.3 is 10.4 Å². The number of nitrogens with zero attached hydrogens (tertiary/aromatic N) is 1. The van der Waals surface area contributed by atoms with Crippen LogP contribution in [0.25, 0.3) is 0 Å². The molecule has 0 spiro atoms. The highest BCUT2D eigenvalue weighted by Gasteiger charge is 2.08.